The highest BCUT2D eigenvalue weighted by Crippen LogP contribution is 2.49. The van der Waals surface area contributed by atoms with E-state index >= 15 is 0 Å². The summed E-state index contributed by atoms with van der Waals surface area (Å²) >= 11 is 0. The van der Waals surface area contributed by atoms with Crippen LogP contribution < -0.4 is 0 Å². The topological polar surface area (TPSA) is 74.2 Å². The van der Waals surface area contributed by atoms with Crippen molar-refractivity contribution < 1.29 is 28.8 Å². The van der Waals surface area contributed by atoms with Crippen LogP contribution in [0.1, 0.15) is 46.0 Å². The molecule has 4 fully saturated rings. The minimum atomic E-state index is -0.670. The molecule has 25 heavy (non-hydrogen) atoms. The molecule has 0 amide bonds. The molecule has 1 spiro atoms. The molecule has 0 aromatic heterocycles. The highest BCUT2D eigenvalue weighted by atomic mass is 16.7. The molecular weight excluding hydrogens is 324 g/mol. The van der Waals surface area contributed by atoms with Crippen molar-refractivity contribution >= 4 is 5.97 Å². The van der Waals surface area contributed by atoms with Gasteiger partial charge in [0.2, 0.25) is 0 Å². The Hall–Kier alpha value is -0.950. The summed E-state index contributed by atoms with van der Waals surface area (Å²) in [7, 11) is 0. The van der Waals surface area contributed by atoms with Crippen LogP contribution in [-0.2, 0) is 23.7 Å². The number of rotatable bonds is 3. The lowest BCUT2D eigenvalue weighted by molar-refractivity contribution is -0.346. The predicted octanol–water partition coefficient (Wildman–Crippen LogP) is 1.94. The summed E-state index contributed by atoms with van der Waals surface area (Å²) in [6.45, 7) is 7.94. The third-order valence-electron chi connectivity index (χ3n) is 6.12. The molecule has 4 saturated heterocycles. The van der Waals surface area contributed by atoms with Gasteiger partial charge in [-0.2, -0.15) is 0 Å². The van der Waals surface area contributed by atoms with Crippen LogP contribution in [0.5, 0.6) is 0 Å². The molecule has 0 aliphatic carbocycles. The number of hydrogen-bond acceptors (Lipinski definition) is 6. The molecule has 0 aromatic rings. The van der Waals surface area contributed by atoms with Gasteiger partial charge in [-0.1, -0.05) is 19.9 Å². The fraction of sp³-hybridized carbons (Fsp3) is 0.842. The van der Waals surface area contributed by atoms with Crippen molar-refractivity contribution in [3.05, 3.63) is 12.7 Å². The van der Waals surface area contributed by atoms with Crippen LogP contribution in [-0.4, -0.2) is 53.5 Å². The Morgan fingerprint density at radius 3 is 2.64 bits per heavy atom. The van der Waals surface area contributed by atoms with Gasteiger partial charge >= 0.3 is 5.97 Å². The number of carbonyl (C=O) groups excluding carboxylic acids is 1. The van der Waals surface area contributed by atoms with Crippen molar-refractivity contribution in [3.8, 4) is 0 Å². The molecule has 0 bridgehead atoms. The van der Waals surface area contributed by atoms with E-state index in [0.29, 0.717) is 19.3 Å². The molecule has 6 heteroatoms. The molecule has 140 valence electrons. The minimum absolute atomic E-state index is 0.0202. The number of fused-ring (bicyclic) bond motifs is 2. The molecule has 1 N–H and O–H groups in total. The number of aliphatic hydroxyl groups is 1. The van der Waals surface area contributed by atoms with E-state index in [1.165, 1.54) is 0 Å². The zero-order valence-corrected chi connectivity index (χ0v) is 14.9. The van der Waals surface area contributed by atoms with Crippen LogP contribution in [0, 0.1) is 11.8 Å². The summed E-state index contributed by atoms with van der Waals surface area (Å²) in [5, 5.41) is 10.2. The van der Waals surface area contributed by atoms with Gasteiger partial charge in [0.1, 0.15) is 12.2 Å². The molecule has 0 unspecified atom stereocenters. The van der Waals surface area contributed by atoms with Gasteiger partial charge in [0, 0.05) is 25.2 Å². The van der Waals surface area contributed by atoms with E-state index < -0.39 is 11.9 Å². The zero-order valence-electron chi connectivity index (χ0n) is 14.9. The van der Waals surface area contributed by atoms with Crippen molar-refractivity contribution in [2.24, 2.45) is 11.8 Å². The van der Waals surface area contributed by atoms with Gasteiger partial charge in [-0.25, -0.2) is 0 Å². The second-order valence-corrected chi connectivity index (χ2v) is 8.21. The molecule has 4 aliphatic heterocycles. The highest BCUT2D eigenvalue weighted by molar-refractivity contribution is 5.72. The van der Waals surface area contributed by atoms with Crippen molar-refractivity contribution in [3.63, 3.8) is 0 Å². The SMILES string of the molecule is C=CC[C@H](O)[C@@H]1C[C@@H]2O[C@]3(C[C@H](C)[C@@H]4OC(=O)C[C@@H]4O3)C[C@H](C)[C@@H]2O1. The molecule has 6 nitrogen and oxygen atoms in total. The Labute approximate surface area is 148 Å². The number of ether oxygens (including phenoxy) is 4. The molecule has 9 atom stereocenters. The molecular formula is C19H28O6. The van der Waals surface area contributed by atoms with E-state index in [0.717, 1.165) is 12.8 Å². The second kappa shape index (κ2) is 6.34. The first-order chi connectivity index (χ1) is 11.9. The summed E-state index contributed by atoms with van der Waals surface area (Å²) in [5.41, 5.74) is 0. The van der Waals surface area contributed by atoms with Crippen molar-refractivity contribution in [2.45, 2.75) is 88.4 Å². The maximum atomic E-state index is 11.7. The Morgan fingerprint density at radius 1 is 1.24 bits per heavy atom. The van der Waals surface area contributed by atoms with Crippen molar-refractivity contribution in [2.75, 3.05) is 0 Å². The van der Waals surface area contributed by atoms with Gasteiger partial charge in [0.15, 0.2) is 5.79 Å². The summed E-state index contributed by atoms with van der Waals surface area (Å²) in [5.74, 6) is -0.381. The van der Waals surface area contributed by atoms with Crippen LogP contribution in [0.2, 0.25) is 0 Å². The van der Waals surface area contributed by atoms with Crippen LogP contribution in [0.4, 0.5) is 0 Å². The average Bonchev–Trinajstić information content (AvgIpc) is 3.10. The largest absolute Gasteiger partial charge is 0.459 e. The monoisotopic (exact) mass is 352 g/mol. The molecule has 0 radical (unpaired) electrons. The fourth-order valence-corrected chi connectivity index (χ4v) is 5.11. The van der Waals surface area contributed by atoms with E-state index in [9.17, 15) is 9.90 Å². The third-order valence-corrected chi connectivity index (χ3v) is 6.12. The van der Waals surface area contributed by atoms with Gasteiger partial charge in [-0.05, 0) is 12.3 Å². The lowest BCUT2D eigenvalue weighted by atomic mass is 9.80. The lowest BCUT2D eigenvalue weighted by Crippen LogP contribution is -2.58. The Kier molecular flexibility index (Phi) is 4.43. The smallest absolute Gasteiger partial charge is 0.308 e. The Bertz CT molecular complexity index is 550. The average molecular weight is 352 g/mol. The van der Waals surface area contributed by atoms with E-state index in [2.05, 4.69) is 20.4 Å². The summed E-state index contributed by atoms with van der Waals surface area (Å²) < 4.78 is 24.2. The quantitative estimate of drug-likeness (QED) is 0.618. The maximum absolute atomic E-state index is 11.7. The molecule has 4 rings (SSSR count). The van der Waals surface area contributed by atoms with E-state index in [4.69, 9.17) is 18.9 Å². The van der Waals surface area contributed by atoms with Crippen LogP contribution >= 0.6 is 0 Å². The second-order valence-electron chi connectivity index (χ2n) is 8.21. The summed E-state index contributed by atoms with van der Waals surface area (Å²) in [6, 6.07) is 0. The standard InChI is InChI=1S/C19H28O6/c1-4-5-12(20)13-6-14-17(22-13)10(2)8-19(24-14)9-11(3)18-15(25-19)7-16(21)23-18/h4,10-15,17-18,20H,1,5-9H2,2-3H3/t10-,11-,12-,13-,14-,15-,17-,18-,19+/m0/s1. The molecule has 0 aromatic carbocycles. The van der Waals surface area contributed by atoms with E-state index in [-0.39, 0.29) is 48.3 Å². The fourth-order valence-electron chi connectivity index (χ4n) is 5.11. The first kappa shape index (κ1) is 17.5. The first-order valence-corrected chi connectivity index (χ1v) is 9.40. The number of esters is 1. The molecule has 0 saturated carbocycles. The van der Waals surface area contributed by atoms with Crippen LogP contribution in [0.3, 0.4) is 0 Å². The van der Waals surface area contributed by atoms with Gasteiger partial charge < -0.3 is 24.1 Å². The molecule has 4 aliphatic rings. The summed E-state index contributed by atoms with van der Waals surface area (Å²) in [6.07, 6.45) is 3.39. The maximum Gasteiger partial charge on any atom is 0.308 e. The van der Waals surface area contributed by atoms with E-state index in [1.54, 1.807) is 6.08 Å². The normalized spacial score (nSPS) is 50.2. The van der Waals surface area contributed by atoms with Crippen molar-refractivity contribution in [1.82, 2.24) is 0 Å². The number of aliphatic hydroxyl groups excluding tert-OH is 1. The highest BCUT2D eigenvalue weighted by Gasteiger charge is 2.58. The number of hydrogen-bond donors (Lipinski definition) is 1. The van der Waals surface area contributed by atoms with Gasteiger partial charge in [-0.3, -0.25) is 4.79 Å². The Balaban J connectivity index is 1.49. The van der Waals surface area contributed by atoms with Gasteiger partial charge in [0.05, 0.1) is 30.8 Å². The first-order valence-electron chi connectivity index (χ1n) is 9.40. The molecule has 4 heterocycles. The van der Waals surface area contributed by atoms with Crippen LogP contribution in [0.15, 0.2) is 12.7 Å². The van der Waals surface area contributed by atoms with Crippen molar-refractivity contribution in [1.29, 1.82) is 0 Å². The zero-order chi connectivity index (χ0) is 17.8. The Morgan fingerprint density at radius 2 is 1.92 bits per heavy atom. The summed E-state index contributed by atoms with van der Waals surface area (Å²) in [4.78, 5) is 11.7. The van der Waals surface area contributed by atoms with Gasteiger partial charge in [0.25, 0.3) is 0 Å². The predicted molar refractivity (Wildman–Crippen MR) is 88.6 cm³/mol. The number of carbonyl (C=O) groups is 1. The van der Waals surface area contributed by atoms with Crippen LogP contribution in [0.25, 0.3) is 0 Å². The lowest BCUT2D eigenvalue weighted by Gasteiger charge is -2.50. The van der Waals surface area contributed by atoms with E-state index in [1.807, 2.05) is 0 Å². The van der Waals surface area contributed by atoms with Gasteiger partial charge in [-0.15, -0.1) is 6.58 Å². The minimum Gasteiger partial charge on any atom is -0.459 e. The third kappa shape index (κ3) is 3.03.